The molecule has 4 rings (SSSR count). The van der Waals surface area contributed by atoms with Gasteiger partial charge in [-0.25, -0.2) is 14.5 Å². The van der Waals surface area contributed by atoms with Crippen LogP contribution in [0.4, 0.5) is 10.5 Å². The molecular weight excluding hydrogens is 572 g/mol. The molecule has 200 valence electrons. The summed E-state index contributed by atoms with van der Waals surface area (Å²) < 4.78 is 22.1. The predicted octanol–water partition coefficient (Wildman–Crippen LogP) is 4.67. The van der Waals surface area contributed by atoms with Crippen LogP contribution in [0.3, 0.4) is 0 Å². The van der Waals surface area contributed by atoms with Crippen LogP contribution in [-0.4, -0.2) is 45.1 Å². The molecular formula is C28H23BrN2O8. The SMILES string of the molecule is COc1cc(C(=O)Oc2ccc(Br)cc2/C=C2/C(=O)NC(=O)N(c3ccc(C)cc3)C2=O)cc(OC)c1OC. The summed E-state index contributed by atoms with van der Waals surface area (Å²) in [6.45, 7) is 1.87. The first-order valence-electron chi connectivity index (χ1n) is 11.5. The van der Waals surface area contributed by atoms with Gasteiger partial charge >= 0.3 is 12.0 Å². The molecule has 0 radical (unpaired) electrons. The molecule has 39 heavy (non-hydrogen) atoms. The number of aryl methyl sites for hydroxylation is 1. The monoisotopic (exact) mass is 594 g/mol. The van der Waals surface area contributed by atoms with Crippen LogP contribution in [-0.2, 0) is 9.59 Å². The van der Waals surface area contributed by atoms with E-state index in [4.69, 9.17) is 18.9 Å². The van der Waals surface area contributed by atoms with Crippen molar-refractivity contribution in [3.05, 3.63) is 81.3 Å². The van der Waals surface area contributed by atoms with Crippen molar-refractivity contribution in [2.45, 2.75) is 6.92 Å². The fourth-order valence-electron chi connectivity index (χ4n) is 3.82. The number of hydrogen-bond acceptors (Lipinski definition) is 8. The molecule has 0 bridgehead atoms. The Kier molecular flexibility index (Phi) is 8.01. The molecule has 1 fully saturated rings. The normalized spacial score (nSPS) is 14.2. The number of hydrogen-bond donors (Lipinski definition) is 1. The molecule has 0 saturated carbocycles. The molecule has 1 aliphatic rings. The number of ether oxygens (including phenoxy) is 4. The highest BCUT2D eigenvalue weighted by Crippen LogP contribution is 2.38. The molecule has 1 N–H and O–H groups in total. The Hall–Kier alpha value is -4.64. The average molecular weight is 595 g/mol. The number of benzene rings is 3. The molecule has 1 heterocycles. The Morgan fingerprint density at radius 2 is 1.51 bits per heavy atom. The van der Waals surface area contributed by atoms with Gasteiger partial charge < -0.3 is 18.9 Å². The van der Waals surface area contributed by atoms with E-state index in [9.17, 15) is 19.2 Å². The van der Waals surface area contributed by atoms with Crippen LogP contribution >= 0.6 is 15.9 Å². The topological polar surface area (TPSA) is 120 Å². The highest BCUT2D eigenvalue weighted by atomic mass is 79.9. The third kappa shape index (κ3) is 5.63. The van der Waals surface area contributed by atoms with E-state index < -0.39 is 23.8 Å². The van der Waals surface area contributed by atoms with Crippen LogP contribution in [0.25, 0.3) is 6.08 Å². The zero-order valence-corrected chi connectivity index (χ0v) is 23.0. The van der Waals surface area contributed by atoms with Gasteiger partial charge in [0.1, 0.15) is 11.3 Å². The van der Waals surface area contributed by atoms with Crippen molar-refractivity contribution in [3.8, 4) is 23.0 Å². The third-order valence-corrected chi connectivity index (χ3v) is 6.26. The standard InChI is InChI=1S/C28H23BrN2O8/c1-15-5-8-19(9-6-15)31-26(33)20(25(32)30-28(31)35)12-16-11-18(29)7-10-21(16)39-27(34)17-13-22(36-2)24(38-4)23(14-17)37-3/h5-14H,1-4H3,(H,30,32,35)/b20-12-. The van der Waals surface area contributed by atoms with E-state index in [-0.39, 0.29) is 33.9 Å². The molecule has 0 aromatic heterocycles. The number of imide groups is 2. The molecule has 4 amide bonds. The lowest BCUT2D eigenvalue weighted by Crippen LogP contribution is -2.54. The van der Waals surface area contributed by atoms with Crippen molar-refractivity contribution < 1.29 is 38.1 Å². The van der Waals surface area contributed by atoms with Crippen LogP contribution in [0.15, 0.2) is 64.6 Å². The van der Waals surface area contributed by atoms with Crippen molar-refractivity contribution in [2.24, 2.45) is 0 Å². The number of methoxy groups -OCH3 is 3. The smallest absolute Gasteiger partial charge is 0.343 e. The summed E-state index contributed by atoms with van der Waals surface area (Å²) >= 11 is 3.35. The highest BCUT2D eigenvalue weighted by Gasteiger charge is 2.37. The largest absolute Gasteiger partial charge is 0.493 e. The fourth-order valence-corrected chi connectivity index (χ4v) is 4.20. The van der Waals surface area contributed by atoms with E-state index in [1.165, 1.54) is 45.6 Å². The summed E-state index contributed by atoms with van der Waals surface area (Å²) in [6.07, 6.45) is 1.26. The minimum absolute atomic E-state index is 0.0591. The number of urea groups is 1. The molecule has 1 aliphatic heterocycles. The van der Waals surface area contributed by atoms with E-state index in [2.05, 4.69) is 21.2 Å². The Bertz CT molecular complexity index is 1490. The number of carbonyl (C=O) groups excluding carboxylic acids is 4. The second-order valence-electron chi connectivity index (χ2n) is 8.28. The minimum atomic E-state index is -0.879. The van der Waals surface area contributed by atoms with Crippen LogP contribution in [0.1, 0.15) is 21.5 Å². The van der Waals surface area contributed by atoms with E-state index >= 15 is 0 Å². The molecule has 3 aromatic rings. The molecule has 10 nitrogen and oxygen atoms in total. The van der Waals surface area contributed by atoms with Gasteiger partial charge in [0, 0.05) is 10.0 Å². The van der Waals surface area contributed by atoms with Gasteiger partial charge in [0.2, 0.25) is 5.75 Å². The van der Waals surface area contributed by atoms with Crippen LogP contribution in [0.2, 0.25) is 0 Å². The van der Waals surface area contributed by atoms with Gasteiger partial charge in [-0.05, 0) is 55.5 Å². The summed E-state index contributed by atoms with van der Waals surface area (Å²) in [5.74, 6) is -1.58. The summed E-state index contributed by atoms with van der Waals surface area (Å²) in [5.41, 5.74) is 1.25. The van der Waals surface area contributed by atoms with Crippen molar-refractivity contribution in [2.75, 3.05) is 26.2 Å². The third-order valence-electron chi connectivity index (χ3n) is 5.77. The van der Waals surface area contributed by atoms with Crippen molar-refractivity contribution in [1.29, 1.82) is 0 Å². The zero-order chi connectivity index (χ0) is 28.3. The minimum Gasteiger partial charge on any atom is -0.493 e. The van der Waals surface area contributed by atoms with Crippen LogP contribution < -0.4 is 29.2 Å². The maximum absolute atomic E-state index is 13.3. The summed E-state index contributed by atoms with van der Waals surface area (Å²) in [6, 6.07) is 13.4. The lowest BCUT2D eigenvalue weighted by Gasteiger charge is -2.26. The quantitative estimate of drug-likeness (QED) is 0.181. The summed E-state index contributed by atoms with van der Waals surface area (Å²) in [7, 11) is 4.28. The number of esters is 1. The zero-order valence-electron chi connectivity index (χ0n) is 21.4. The van der Waals surface area contributed by atoms with E-state index in [1.807, 2.05) is 6.92 Å². The molecule has 0 spiro atoms. The predicted molar refractivity (Wildman–Crippen MR) is 145 cm³/mol. The van der Waals surface area contributed by atoms with E-state index in [0.717, 1.165) is 10.5 Å². The maximum atomic E-state index is 13.3. The number of nitrogens with one attached hydrogen (secondary N) is 1. The Balaban J connectivity index is 1.71. The summed E-state index contributed by atoms with van der Waals surface area (Å²) in [5, 5.41) is 2.18. The first-order chi connectivity index (χ1) is 18.7. The van der Waals surface area contributed by atoms with Crippen molar-refractivity contribution in [1.82, 2.24) is 5.32 Å². The average Bonchev–Trinajstić information content (AvgIpc) is 2.92. The van der Waals surface area contributed by atoms with Crippen molar-refractivity contribution in [3.63, 3.8) is 0 Å². The van der Waals surface area contributed by atoms with Crippen molar-refractivity contribution >= 4 is 51.5 Å². The second-order valence-corrected chi connectivity index (χ2v) is 9.19. The maximum Gasteiger partial charge on any atom is 0.343 e. The number of anilines is 1. The molecule has 0 aliphatic carbocycles. The molecule has 0 atom stereocenters. The van der Waals surface area contributed by atoms with Gasteiger partial charge in [-0.2, -0.15) is 0 Å². The van der Waals surface area contributed by atoms with Gasteiger partial charge in [0.05, 0.1) is 32.6 Å². The Labute approximate surface area is 232 Å². The molecule has 3 aromatic carbocycles. The van der Waals surface area contributed by atoms with Crippen LogP contribution in [0, 0.1) is 6.92 Å². The Morgan fingerprint density at radius 1 is 0.872 bits per heavy atom. The first kappa shape index (κ1) is 27.4. The molecule has 11 heteroatoms. The first-order valence-corrected chi connectivity index (χ1v) is 12.3. The Morgan fingerprint density at radius 3 is 2.10 bits per heavy atom. The number of barbiturate groups is 1. The van der Waals surface area contributed by atoms with Gasteiger partial charge in [-0.15, -0.1) is 0 Å². The van der Waals surface area contributed by atoms with Gasteiger partial charge in [0.25, 0.3) is 11.8 Å². The number of rotatable bonds is 7. The van der Waals surface area contributed by atoms with E-state index in [0.29, 0.717) is 15.9 Å². The van der Waals surface area contributed by atoms with Gasteiger partial charge in [-0.1, -0.05) is 33.6 Å². The lowest BCUT2D eigenvalue weighted by atomic mass is 10.1. The number of nitrogens with zero attached hydrogens (tertiary/aromatic N) is 1. The highest BCUT2D eigenvalue weighted by molar-refractivity contribution is 9.10. The second kappa shape index (κ2) is 11.4. The molecule has 1 saturated heterocycles. The number of halogens is 1. The lowest BCUT2D eigenvalue weighted by molar-refractivity contribution is -0.122. The van der Waals surface area contributed by atoms with Gasteiger partial charge in [0.15, 0.2) is 11.5 Å². The van der Waals surface area contributed by atoms with Gasteiger partial charge in [-0.3, -0.25) is 14.9 Å². The van der Waals surface area contributed by atoms with E-state index in [1.54, 1.807) is 36.4 Å². The molecule has 0 unspecified atom stereocenters. The summed E-state index contributed by atoms with van der Waals surface area (Å²) in [4.78, 5) is 52.5. The number of carbonyl (C=O) groups is 4. The number of amides is 4. The van der Waals surface area contributed by atoms with Crippen LogP contribution in [0.5, 0.6) is 23.0 Å². The fraction of sp³-hybridized carbons (Fsp3) is 0.143.